The molecule has 0 N–H and O–H groups in total. The molecule has 6 heteroatoms. The highest BCUT2D eigenvalue weighted by atomic mass is 79.9. The van der Waals surface area contributed by atoms with Crippen LogP contribution in [0.3, 0.4) is 0 Å². The maximum Gasteiger partial charge on any atom is 0.240 e. The third-order valence-corrected chi connectivity index (χ3v) is 4.24. The van der Waals surface area contributed by atoms with Crippen LogP contribution in [0.4, 0.5) is 0 Å². The van der Waals surface area contributed by atoms with Gasteiger partial charge in [0.2, 0.25) is 11.7 Å². The van der Waals surface area contributed by atoms with Crippen LogP contribution in [0.25, 0.3) is 0 Å². The number of ether oxygens (including phenoxy) is 2. The first-order valence-electron chi connectivity index (χ1n) is 6.41. The lowest BCUT2D eigenvalue weighted by Crippen LogP contribution is -2.37. The van der Waals surface area contributed by atoms with Crippen LogP contribution >= 0.6 is 15.9 Å². The summed E-state index contributed by atoms with van der Waals surface area (Å²) >= 11 is 3.52. The normalized spacial score (nSPS) is 20.8. The van der Waals surface area contributed by atoms with Gasteiger partial charge >= 0.3 is 0 Å². The molecule has 1 aliphatic rings. The van der Waals surface area contributed by atoms with Crippen LogP contribution in [-0.4, -0.2) is 30.0 Å². The smallest absolute Gasteiger partial charge is 0.240 e. The topological polar surface area (TPSA) is 57.4 Å². The molecular formula is C12H19BrN2O3. The molecule has 0 bridgehead atoms. The minimum Gasteiger partial charge on any atom is -0.381 e. The molecular weight excluding hydrogens is 300 g/mol. The van der Waals surface area contributed by atoms with Gasteiger partial charge in [0.15, 0.2) is 0 Å². The van der Waals surface area contributed by atoms with E-state index in [0.717, 1.165) is 19.3 Å². The van der Waals surface area contributed by atoms with Gasteiger partial charge in [-0.05, 0) is 13.3 Å². The molecule has 1 atom stereocenters. The third kappa shape index (κ3) is 2.75. The molecule has 0 spiro atoms. The highest BCUT2D eigenvalue weighted by Gasteiger charge is 2.40. The lowest BCUT2D eigenvalue weighted by molar-refractivity contribution is -0.118. The zero-order valence-corrected chi connectivity index (χ0v) is 12.4. The minimum absolute atomic E-state index is 0.109. The number of aromatic nitrogens is 2. The van der Waals surface area contributed by atoms with Gasteiger partial charge in [-0.1, -0.05) is 28.0 Å². The summed E-state index contributed by atoms with van der Waals surface area (Å²) in [7, 11) is 0. The van der Waals surface area contributed by atoms with Crippen molar-refractivity contribution in [2.24, 2.45) is 0 Å². The Balaban J connectivity index is 2.22. The summed E-state index contributed by atoms with van der Waals surface area (Å²) in [6.07, 6.45) is 2.46. The Morgan fingerprint density at radius 1 is 1.39 bits per heavy atom. The van der Waals surface area contributed by atoms with Gasteiger partial charge in [0, 0.05) is 32.7 Å². The van der Waals surface area contributed by atoms with E-state index in [4.69, 9.17) is 14.0 Å². The molecule has 1 saturated heterocycles. The molecule has 2 heterocycles. The molecule has 5 nitrogen and oxygen atoms in total. The van der Waals surface area contributed by atoms with Crippen LogP contribution in [0.5, 0.6) is 0 Å². The summed E-state index contributed by atoms with van der Waals surface area (Å²) in [5.41, 5.74) is -0.435. The number of rotatable bonds is 5. The molecule has 0 saturated carbocycles. The molecule has 1 unspecified atom stereocenters. The number of halogens is 1. The van der Waals surface area contributed by atoms with Crippen molar-refractivity contribution in [1.82, 2.24) is 10.1 Å². The highest BCUT2D eigenvalue weighted by Crippen LogP contribution is 2.35. The van der Waals surface area contributed by atoms with Crippen molar-refractivity contribution in [2.75, 3.05) is 19.8 Å². The molecule has 0 radical (unpaired) electrons. The van der Waals surface area contributed by atoms with E-state index in [1.165, 1.54) is 0 Å². The summed E-state index contributed by atoms with van der Waals surface area (Å²) in [6.45, 7) is 6.04. The van der Waals surface area contributed by atoms with Gasteiger partial charge in [0.25, 0.3) is 0 Å². The van der Waals surface area contributed by atoms with Crippen LogP contribution in [0.15, 0.2) is 4.52 Å². The zero-order chi connectivity index (χ0) is 13.0. The Labute approximate surface area is 115 Å². The van der Waals surface area contributed by atoms with E-state index in [1.807, 2.05) is 6.92 Å². The van der Waals surface area contributed by atoms with Crippen molar-refractivity contribution in [2.45, 2.75) is 43.5 Å². The van der Waals surface area contributed by atoms with Crippen molar-refractivity contribution in [3.8, 4) is 0 Å². The van der Waals surface area contributed by atoms with Gasteiger partial charge in [-0.25, -0.2) is 0 Å². The van der Waals surface area contributed by atoms with Crippen LogP contribution < -0.4 is 0 Å². The van der Waals surface area contributed by atoms with E-state index in [9.17, 15) is 0 Å². The molecule has 2 rings (SSSR count). The Bertz CT molecular complexity index is 372. The standard InChI is InChI=1S/C12H19BrN2O3/c1-3-9(13)10-14-11(15-18-10)12(17-4-2)5-7-16-8-6-12/h9H,3-8H2,1-2H3. The van der Waals surface area contributed by atoms with Crippen molar-refractivity contribution < 1.29 is 14.0 Å². The minimum atomic E-state index is -0.435. The molecule has 1 aromatic heterocycles. The fourth-order valence-electron chi connectivity index (χ4n) is 2.13. The van der Waals surface area contributed by atoms with Gasteiger partial charge in [-0.3, -0.25) is 0 Å². The summed E-state index contributed by atoms with van der Waals surface area (Å²) < 4.78 is 16.6. The fourth-order valence-corrected chi connectivity index (χ4v) is 2.32. The van der Waals surface area contributed by atoms with Crippen LogP contribution in [0.1, 0.15) is 49.7 Å². The van der Waals surface area contributed by atoms with Gasteiger partial charge in [-0.15, -0.1) is 0 Å². The Hall–Kier alpha value is -0.460. The van der Waals surface area contributed by atoms with E-state index in [2.05, 4.69) is 33.0 Å². The molecule has 0 amide bonds. The molecule has 0 aliphatic carbocycles. The predicted octanol–water partition coefficient (Wildman–Crippen LogP) is 2.96. The van der Waals surface area contributed by atoms with Gasteiger partial charge < -0.3 is 14.0 Å². The van der Waals surface area contributed by atoms with Gasteiger partial charge in [0.05, 0.1) is 4.83 Å². The van der Waals surface area contributed by atoms with Crippen molar-refractivity contribution in [3.63, 3.8) is 0 Å². The largest absolute Gasteiger partial charge is 0.381 e. The summed E-state index contributed by atoms with van der Waals surface area (Å²) in [6, 6.07) is 0. The molecule has 0 aromatic carbocycles. The molecule has 1 fully saturated rings. The first-order chi connectivity index (χ1) is 8.72. The van der Waals surface area contributed by atoms with Gasteiger partial charge in [-0.2, -0.15) is 4.98 Å². The first-order valence-corrected chi connectivity index (χ1v) is 7.33. The number of hydrogen-bond donors (Lipinski definition) is 0. The van der Waals surface area contributed by atoms with E-state index >= 15 is 0 Å². The fraction of sp³-hybridized carbons (Fsp3) is 0.833. The number of alkyl halides is 1. The van der Waals surface area contributed by atoms with E-state index < -0.39 is 5.60 Å². The van der Waals surface area contributed by atoms with Crippen molar-refractivity contribution in [3.05, 3.63) is 11.7 Å². The lowest BCUT2D eigenvalue weighted by atomic mass is 9.93. The van der Waals surface area contributed by atoms with Gasteiger partial charge in [0.1, 0.15) is 5.60 Å². The van der Waals surface area contributed by atoms with E-state index in [0.29, 0.717) is 31.5 Å². The average Bonchev–Trinajstić information content (AvgIpc) is 2.89. The van der Waals surface area contributed by atoms with E-state index in [1.54, 1.807) is 0 Å². The number of hydrogen-bond acceptors (Lipinski definition) is 5. The Morgan fingerprint density at radius 3 is 2.72 bits per heavy atom. The second kappa shape index (κ2) is 6.12. The molecule has 102 valence electrons. The number of nitrogens with zero attached hydrogens (tertiary/aromatic N) is 2. The quantitative estimate of drug-likeness (QED) is 0.781. The molecule has 18 heavy (non-hydrogen) atoms. The highest BCUT2D eigenvalue weighted by molar-refractivity contribution is 9.09. The average molecular weight is 319 g/mol. The van der Waals surface area contributed by atoms with Crippen molar-refractivity contribution >= 4 is 15.9 Å². The molecule has 1 aliphatic heterocycles. The Kier molecular flexibility index (Phi) is 4.75. The second-order valence-electron chi connectivity index (χ2n) is 4.37. The summed E-state index contributed by atoms with van der Waals surface area (Å²) in [5, 5.41) is 4.10. The van der Waals surface area contributed by atoms with Crippen LogP contribution in [0, 0.1) is 0 Å². The third-order valence-electron chi connectivity index (χ3n) is 3.20. The molecule has 1 aromatic rings. The lowest BCUT2D eigenvalue weighted by Gasteiger charge is -2.33. The van der Waals surface area contributed by atoms with Crippen LogP contribution in [-0.2, 0) is 15.1 Å². The van der Waals surface area contributed by atoms with Crippen molar-refractivity contribution in [1.29, 1.82) is 0 Å². The zero-order valence-electron chi connectivity index (χ0n) is 10.8. The predicted molar refractivity (Wildman–Crippen MR) is 69.6 cm³/mol. The SMILES string of the molecule is CCOC1(c2noc(C(Br)CC)n2)CCOCC1. The Morgan fingerprint density at radius 2 is 2.11 bits per heavy atom. The summed E-state index contributed by atoms with van der Waals surface area (Å²) in [5.74, 6) is 1.28. The maximum absolute atomic E-state index is 5.90. The van der Waals surface area contributed by atoms with Crippen LogP contribution in [0.2, 0.25) is 0 Å². The van der Waals surface area contributed by atoms with E-state index in [-0.39, 0.29) is 4.83 Å². The second-order valence-corrected chi connectivity index (χ2v) is 5.48. The maximum atomic E-state index is 5.90. The monoisotopic (exact) mass is 318 g/mol. The summed E-state index contributed by atoms with van der Waals surface area (Å²) in [4.78, 5) is 4.60. The first kappa shape index (κ1) is 14.0.